The number of carbonyl (C=O) groups is 2. The summed E-state index contributed by atoms with van der Waals surface area (Å²) in [6, 6.07) is 13.0. The molecule has 4 heteroatoms. The number of carbonyl (C=O) groups excluding carboxylic acids is 2. The molecule has 0 aliphatic carbocycles. The maximum atomic E-state index is 12.6. The minimum absolute atomic E-state index is 0.0574. The average molecular weight is 283 g/mol. The predicted octanol–water partition coefficient (Wildman–Crippen LogP) is 3.13. The Labute approximate surface area is 121 Å². The molecule has 1 N–H and O–H groups in total. The summed E-state index contributed by atoms with van der Waals surface area (Å²) in [4.78, 5) is 25.1. The van der Waals surface area contributed by atoms with Crippen LogP contribution in [0.5, 0.6) is 0 Å². The van der Waals surface area contributed by atoms with Crippen molar-refractivity contribution >= 4 is 29.1 Å². The fourth-order valence-corrected chi connectivity index (χ4v) is 2.75. The minimum Gasteiger partial charge on any atom is -0.325 e. The highest BCUT2D eigenvalue weighted by molar-refractivity contribution is 7.98. The van der Waals surface area contributed by atoms with Crippen LogP contribution in [0.2, 0.25) is 0 Å². The molecule has 0 aromatic heterocycles. The smallest absolute Gasteiger partial charge is 0.228 e. The number of hydrogen-bond acceptors (Lipinski definition) is 3. The lowest BCUT2D eigenvalue weighted by Gasteiger charge is -2.07. The van der Waals surface area contributed by atoms with Crippen molar-refractivity contribution in [2.45, 2.75) is 11.3 Å². The van der Waals surface area contributed by atoms with Crippen molar-refractivity contribution in [3.05, 3.63) is 59.2 Å². The normalized spacial score (nSPS) is 12.9. The largest absolute Gasteiger partial charge is 0.325 e. The lowest BCUT2D eigenvalue weighted by Crippen LogP contribution is -2.08. The second-order valence-electron chi connectivity index (χ2n) is 4.62. The SMILES string of the molecule is CSc1ccc(C(=O)c2cccc3c2NC(=O)C3)cc1. The predicted molar refractivity (Wildman–Crippen MR) is 80.4 cm³/mol. The van der Waals surface area contributed by atoms with E-state index >= 15 is 0 Å². The number of ketones is 1. The Morgan fingerprint density at radius 2 is 1.90 bits per heavy atom. The molecule has 0 unspecified atom stereocenters. The summed E-state index contributed by atoms with van der Waals surface area (Å²) in [6.07, 6.45) is 2.35. The van der Waals surface area contributed by atoms with Crippen LogP contribution in [0.15, 0.2) is 47.4 Å². The molecule has 3 rings (SSSR count). The molecule has 0 spiro atoms. The zero-order valence-electron chi connectivity index (χ0n) is 11.0. The third-order valence-electron chi connectivity index (χ3n) is 3.36. The number of nitrogens with one attached hydrogen (secondary N) is 1. The van der Waals surface area contributed by atoms with Gasteiger partial charge in [0.2, 0.25) is 5.91 Å². The number of rotatable bonds is 3. The first-order chi connectivity index (χ1) is 9.69. The highest BCUT2D eigenvalue weighted by Gasteiger charge is 2.23. The van der Waals surface area contributed by atoms with Crippen LogP contribution in [0, 0.1) is 0 Å². The standard InChI is InChI=1S/C16H13NO2S/c1-20-12-7-5-10(6-8-12)16(19)13-4-2-3-11-9-14(18)17-15(11)13/h2-8H,9H2,1H3,(H,17,18). The molecule has 0 radical (unpaired) electrons. The summed E-state index contributed by atoms with van der Waals surface area (Å²) in [7, 11) is 0. The molecule has 1 aliphatic heterocycles. The summed E-state index contributed by atoms with van der Waals surface area (Å²) in [6.45, 7) is 0. The molecule has 2 aromatic rings. The highest BCUT2D eigenvalue weighted by atomic mass is 32.2. The highest BCUT2D eigenvalue weighted by Crippen LogP contribution is 2.29. The molecule has 3 nitrogen and oxygen atoms in total. The number of hydrogen-bond donors (Lipinski definition) is 1. The number of benzene rings is 2. The molecule has 1 aliphatic rings. The van der Waals surface area contributed by atoms with E-state index in [0.29, 0.717) is 23.2 Å². The van der Waals surface area contributed by atoms with E-state index in [1.54, 1.807) is 17.8 Å². The van der Waals surface area contributed by atoms with E-state index in [0.717, 1.165) is 10.5 Å². The van der Waals surface area contributed by atoms with Gasteiger partial charge in [0.15, 0.2) is 5.78 Å². The quantitative estimate of drug-likeness (QED) is 0.695. The second kappa shape index (κ2) is 5.13. The molecule has 100 valence electrons. The Morgan fingerprint density at radius 1 is 1.15 bits per heavy atom. The summed E-state index contributed by atoms with van der Waals surface area (Å²) in [5, 5.41) is 2.78. The lowest BCUT2D eigenvalue weighted by atomic mass is 9.99. The van der Waals surface area contributed by atoms with Gasteiger partial charge in [0.05, 0.1) is 12.1 Å². The number of fused-ring (bicyclic) bond motifs is 1. The monoisotopic (exact) mass is 283 g/mol. The Kier molecular flexibility index (Phi) is 3.32. The number of anilines is 1. The van der Waals surface area contributed by atoms with Crippen LogP contribution in [0.25, 0.3) is 0 Å². The first-order valence-electron chi connectivity index (χ1n) is 6.29. The fourth-order valence-electron chi connectivity index (χ4n) is 2.34. The number of amides is 1. The molecule has 0 saturated heterocycles. The third-order valence-corrected chi connectivity index (χ3v) is 4.11. The van der Waals surface area contributed by atoms with Crippen LogP contribution in [0.3, 0.4) is 0 Å². The molecule has 20 heavy (non-hydrogen) atoms. The van der Waals surface area contributed by atoms with Crippen LogP contribution >= 0.6 is 11.8 Å². The van der Waals surface area contributed by atoms with Crippen LogP contribution in [-0.4, -0.2) is 17.9 Å². The van der Waals surface area contributed by atoms with E-state index in [4.69, 9.17) is 0 Å². The van der Waals surface area contributed by atoms with E-state index < -0.39 is 0 Å². The zero-order chi connectivity index (χ0) is 14.1. The van der Waals surface area contributed by atoms with E-state index in [1.165, 1.54) is 0 Å². The van der Waals surface area contributed by atoms with Gasteiger partial charge in [-0.1, -0.05) is 12.1 Å². The van der Waals surface area contributed by atoms with Gasteiger partial charge in [-0.25, -0.2) is 0 Å². The van der Waals surface area contributed by atoms with E-state index in [2.05, 4.69) is 5.32 Å². The Bertz CT molecular complexity index is 692. The van der Waals surface area contributed by atoms with Crippen LogP contribution in [0.4, 0.5) is 5.69 Å². The van der Waals surface area contributed by atoms with Crippen molar-refractivity contribution in [3.63, 3.8) is 0 Å². The van der Waals surface area contributed by atoms with Gasteiger partial charge in [0.1, 0.15) is 0 Å². The summed E-state index contributed by atoms with van der Waals surface area (Å²) >= 11 is 1.64. The van der Waals surface area contributed by atoms with Gasteiger partial charge < -0.3 is 5.32 Å². The lowest BCUT2D eigenvalue weighted by molar-refractivity contribution is -0.115. The van der Waals surface area contributed by atoms with Crippen molar-refractivity contribution in [1.82, 2.24) is 0 Å². The molecule has 0 bridgehead atoms. The van der Waals surface area contributed by atoms with Crippen molar-refractivity contribution in [1.29, 1.82) is 0 Å². The number of thioether (sulfide) groups is 1. The van der Waals surface area contributed by atoms with Crippen molar-refractivity contribution in [2.75, 3.05) is 11.6 Å². The van der Waals surface area contributed by atoms with Gasteiger partial charge in [-0.2, -0.15) is 0 Å². The zero-order valence-corrected chi connectivity index (χ0v) is 11.8. The number of para-hydroxylation sites is 1. The second-order valence-corrected chi connectivity index (χ2v) is 5.50. The van der Waals surface area contributed by atoms with Crippen LogP contribution in [0.1, 0.15) is 21.5 Å². The van der Waals surface area contributed by atoms with Gasteiger partial charge in [0.25, 0.3) is 0 Å². The first-order valence-corrected chi connectivity index (χ1v) is 7.52. The third kappa shape index (κ3) is 2.23. The van der Waals surface area contributed by atoms with Crippen molar-refractivity contribution < 1.29 is 9.59 Å². The molecule has 0 fully saturated rings. The maximum Gasteiger partial charge on any atom is 0.228 e. The minimum atomic E-state index is -0.0586. The molecule has 0 atom stereocenters. The molecule has 1 amide bonds. The van der Waals surface area contributed by atoms with Gasteiger partial charge >= 0.3 is 0 Å². The molecule has 1 heterocycles. The van der Waals surface area contributed by atoms with Gasteiger partial charge in [-0.15, -0.1) is 11.8 Å². The molecular formula is C16H13NO2S. The van der Waals surface area contributed by atoms with Crippen LogP contribution in [-0.2, 0) is 11.2 Å². The van der Waals surface area contributed by atoms with Crippen molar-refractivity contribution in [2.24, 2.45) is 0 Å². The topological polar surface area (TPSA) is 46.2 Å². The van der Waals surface area contributed by atoms with E-state index in [9.17, 15) is 9.59 Å². The van der Waals surface area contributed by atoms with E-state index in [1.807, 2.05) is 42.7 Å². The summed E-state index contributed by atoms with van der Waals surface area (Å²) in [5.74, 6) is -0.116. The summed E-state index contributed by atoms with van der Waals surface area (Å²) in [5.41, 5.74) is 2.75. The Hall–Kier alpha value is -2.07. The fraction of sp³-hybridized carbons (Fsp3) is 0.125. The maximum absolute atomic E-state index is 12.6. The molecular weight excluding hydrogens is 270 g/mol. The van der Waals surface area contributed by atoms with Crippen LogP contribution < -0.4 is 5.32 Å². The van der Waals surface area contributed by atoms with E-state index in [-0.39, 0.29) is 11.7 Å². The van der Waals surface area contributed by atoms with Gasteiger partial charge in [-0.05, 0) is 42.2 Å². The molecule has 0 saturated carbocycles. The van der Waals surface area contributed by atoms with Gasteiger partial charge in [-0.3, -0.25) is 9.59 Å². The Balaban J connectivity index is 1.99. The molecule has 2 aromatic carbocycles. The van der Waals surface area contributed by atoms with Crippen molar-refractivity contribution in [3.8, 4) is 0 Å². The Morgan fingerprint density at radius 3 is 2.60 bits per heavy atom. The van der Waals surface area contributed by atoms with Gasteiger partial charge in [0, 0.05) is 16.0 Å². The summed E-state index contributed by atoms with van der Waals surface area (Å²) < 4.78 is 0. The average Bonchev–Trinajstić information content (AvgIpc) is 2.86. The first kappa shape index (κ1) is 12.9.